The van der Waals surface area contributed by atoms with E-state index in [1.165, 1.54) is 5.56 Å². The molecule has 0 atom stereocenters. The van der Waals surface area contributed by atoms with Crippen LogP contribution in [0.4, 0.5) is 0 Å². The summed E-state index contributed by atoms with van der Waals surface area (Å²) in [6, 6.07) is 18.0. The third kappa shape index (κ3) is 3.81. The second-order valence-electron chi connectivity index (χ2n) is 5.62. The molecule has 0 unspecified atom stereocenters. The highest BCUT2D eigenvalue weighted by atomic mass is 32.2. The van der Waals surface area contributed by atoms with Crippen LogP contribution in [0.3, 0.4) is 0 Å². The van der Waals surface area contributed by atoms with Crippen molar-refractivity contribution in [3.8, 4) is 17.5 Å². The van der Waals surface area contributed by atoms with Crippen LogP contribution >= 0.6 is 11.8 Å². The van der Waals surface area contributed by atoms with Gasteiger partial charge in [-0.3, -0.25) is 4.57 Å². The van der Waals surface area contributed by atoms with Gasteiger partial charge in [-0.1, -0.05) is 54.2 Å². The number of benzene rings is 2. The largest absolute Gasteiger partial charge is 0.298 e. The fourth-order valence-corrected chi connectivity index (χ4v) is 3.48. The molecule has 0 fully saturated rings. The summed E-state index contributed by atoms with van der Waals surface area (Å²) in [5, 5.41) is 18.6. The zero-order chi connectivity index (χ0) is 17.6. The molecule has 4 nitrogen and oxygen atoms in total. The van der Waals surface area contributed by atoms with Gasteiger partial charge in [0.1, 0.15) is 0 Å². The molecule has 3 aromatic rings. The van der Waals surface area contributed by atoms with Crippen molar-refractivity contribution in [2.75, 3.05) is 0 Å². The number of hydrogen-bond donors (Lipinski definition) is 0. The molecule has 2 aromatic carbocycles. The van der Waals surface area contributed by atoms with E-state index in [-0.39, 0.29) is 0 Å². The third-order valence-electron chi connectivity index (χ3n) is 3.84. The highest BCUT2D eigenvalue weighted by Gasteiger charge is 2.15. The van der Waals surface area contributed by atoms with Crippen molar-refractivity contribution in [1.29, 1.82) is 5.26 Å². The molecule has 0 radical (unpaired) electrons. The number of hydrogen-bond acceptors (Lipinski definition) is 4. The molecule has 0 aliphatic carbocycles. The van der Waals surface area contributed by atoms with E-state index >= 15 is 0 Å². The summed E-state index contributed by atoms with van der Waals surface area (Å²) in [4.78, 5) is 0. The number of aryl methyl sites for hydroxylation is 1. The molecule has 0 bridgehead atoms. The molecular formula is C20H18N4S. The lowest BCUT2D eigenvalue weighted by Gasteiger charge is -2.09. The third-order valence-corrected chi connectivity index (χ3v) is 4.88. The molecule has 0 N–H and O–H groups in total. The minimum Gasteiger partial charge on any atom is -0.298 e. The predicted octanol–water partition coefficient (Wildman–Crippen LogP) is 4.60. The van der Waals surface area contributed by atoms with Crippen molar-refractivity contribution in [3.63, 3.8) is 0 Å². The van der Waals surface area contributed by atoms with E-state index in [9.17, 15) is 0 Å². The maximum absolute atomic E-state index is 9.02. The molecule has 1 heterocycles. The lowest BCUT2D eigenvalue weighted by Crippen LogP contribution is -2.01. The number of thioether (sulfide) groups is 1. The Morgan fingerprint density at radius 1 is 1.20 bits per heavy atom. The number of rotatable bonds is 6. The minimum atomic E-state index is 0.650. The first-order chi connectivity index (χ1) is 12.2. The number of allylic oxidation sites excluding steroid dienone is 1. The topological polar surface area (TPSA) is 54.5 Å². The van der Waals surface area contributed by atoms with E-state index in [0.717, 1.165) is 27.9 Å². The molecule has 5 heteroatoms. The smallest absolute Gasteiger partial charge is 0.192 e. The number of nitriles is 1. The first-order valence-electron chi connectivity index (χ1n) is 7.95. The Bertz CT molecular complexity index is 937. The van der Waals surface area contributed by atoms with Gasteiger partial charge in [-0.25, -0.2) is 0 Å². The van der Waals surface area contributed by atoms with E-state index in [1.807, 2.05) is 42.5 Å². The van der Waals surface area contributed by atoms with Crippen molar-refractivity contribution in [2.24, 2.45) is 0 Å². The molecule has 0 amide bonds. The van der Waals surface area contributed by atoms with Gasteiger partial charge in [-0.2, -0.15) is 5.26 Å². The van der Waals surface area contributed by atoms with Crippen LogP contribution in [-0.4, -0.2) is 14.8 Å². The van der Waals surface area contributed by atoms with E-state index < -0.39 is 0 Å². The zero-order valence-electron chi connectivity index (χ0n) is 14.0. The Morgan fingerprint density at radius 2 is 2.04 bits per heavy atom. The average molecular weight is 346 g/mol. The van der Waals surface area contributed by atoms with Crippen LogP contribution in [0.2, 0.25) is 0 Å². The van der Waals surface area contributed by atoms with Crippen molar-refractivity contribution in [3.05, 3.63) is 77.9 Å². The molecule has 0 spiro atoms. The lowest BCUT2D eigenvalue weighted by atomic mass is 10.1. The SMILES string of the molecule is C=CCn1c(SCc2cccc(C#N)c2)nnc1-c1ccccc1C. The second kappa shape index (κ2) is 7.82. The summed E-state index contributed by atoms with van der Waals surface area (Å²) in [5.74, 6) is 1.59. The Kier molecular flexibility index (Phi) is 5.32. The van der Waals surface area contributed by atoms with E-state index in [2.05, 4.69) is 46.5 Å². The van der Waals surface area contributed by atoms with Gasteiger partial charge in [0.2, 0.25) is 0 Å². The predicted molar refractivity (Wildman–Crippen MR) is 101 cm³/mol. The maximum Gasteiger partial charge on any atom is 0.192 e. The van der Waals surface area contributed by atoms with E-state index in [1.54, 1.807) is 11.8 Å². The summed E-state index contributed by atoms with van der Waals surface area (Å²) in [6.45, 7) is 6.58. The first-order valence-corrected chi connectivity index (χ1v) is 8.93. The van der Waals surface area contributed by atoms with Gasteiger partial charge in [0.15, 0.2) is 11.0 Å². The van der Waals surface area contributed by atoms with Gasteiger partial charge in [-0.15, -0.1) is 16.8 Å². The van der Waals surface area contributed by atoms with Crippen LogP contribution in [0.15, 0.2) is 66.3 Å². The van der Waals surface area contributed by atoms with Gasteiger partial charge in [-0.05, 0) is 30.2 Å². The monoisotopic (exact) mass is 346 g/mol. The highest BCUT2D eigenvalue weighted by Crippen LogP contribution is 2.28. The van der Waals surface area contributed by atoms with Gasteiger partial charge in [0, 0.05) is 17.9 Å². The quantitative estimate of drug-likeness (QED) is 0.483. The second-order valence-corrected chi connectivity index (χ2v) is 6.56. The Morgan fingerprint density at radius 3 is 2.80 bits per heavy atom. The number of aromatic nitrogens is 3. The minimum absolute atomic E-state index is 0.650. The molecule has 1 aromatic heterocycles. The average Bonchev–Trinajstić information content (AvgIpc) is 3.03. The molecule has 3 rings (SSSR count). The summed E-state index contributed by atoms with van der Waals surface area (Å²) >= 11 is 1.61. The Balaban J connectivity index is 1.88. The maximum atomic E-state index is 9.02. The summed E-state index contributed by atoms with van der Waals surface area (Å²) in [5.41, 5.74) is 4.01. The van der Waals surface area contributed by atoms with Crippen LogP contribution in [0.5, 0.6) is 0 Å². The summed E-state index contributed by atoms with van der Waals surface area (Å²) in [6.07, 6.45) is 1.85. The van der Waals surface area contributed by atoms with Crippen LogP contribution in [0, 0.1) is 18.3 Å². The van der Waals surface area contributed by atoms with Crippen LogP contribution in [-0.2, 0) is 12.3 Å². The highest BCUT2D eigenvalue weighted by molar-refractivity contribution is 7.98. The van der Waals surface area contributed by atoms with E-state index in [0.29, 0.717) is 12.1 Å². The van der Waals surface area contributed by atoms with Crippen LogP contribution in [0.25, 0.3) is 11.4 Å². The van der Waals surface area contributed by atoms with Crippen LogP contribution < -0.4 is 0 Å². The van der Waals surface area contributed by atoms with Crippen molar-refractivity contribution >= 4 is 11.8 Å². The first kappa shape index (κ1) is 17.0. The van der Waals surface area contributed by atoms with Crippen molar-refractivity contribution < 1.29 is 0 Å². The van der Waals surface area contributed by atoms with Gasteiger partial charge >= 0.3 is 0 Å². The normalized spacial score (nSPS) is 10.4. The van der Waals surface area contributed by atoms with Gasteiger partial charge < -0.3 is 0 Å². The fourth-order valence-electron chi connectivity index (χ4n) is 2.59. The Hall–Kier alpha value is -2.84. The molecule has 0 saturated heterocycles. The molecule has 0 aliphatic heterocycles. The molecule has 0 aliphatic rings. The van der Waals surface area contributed by atoms with Gasteiger partial charge in [0.05, 0.1) is 11.6 Å². The van der Waals surface area contributed by atoms with E-state index in [4.69, 9.17) is 5.26 Å². The Labute approximate surface area is 151 Å². The summed E-state index contributed by atoms with van der Waals surface area (Å²) in [7, 11) is 0. The molecule has 0 saturated carbocycles. The number of nitrogens with zero attached hydrogens (tertiary/aromatic N) is 4. The van der Waals surface area contributed by atoms with Crippen molar-refractivity contribution in [2.45, 2.75) is 24.4 Å². The van der Waals surface area contributed by atoms with Gasteiger partial charge in [0.25, 0.3) is 0 Å². The van der Waals surface area contributed by atoms with Crippen LogP contribution in [0.1, 0.15) is 16.7 Å². The molecule has 25 heavy (non-hydrogen) atoms. The van der Waals surface area contributed by atoms with Crippen molar-refractivity contribution in [1.82, 2.24) is 14.8 Å². The lowest BCUT2D eigenvalue weighted by molar-refractivity contribution is 0.731. The fraction of sp³-hybridized carbons (Fsp3) is 0.150. The zero-order valence-corrected chi connectivity index (χ0v) is 14.8. The summed E-state index contributed by atoms with van der Waals surface area (Å²) < 4.78 is 2.08. The molecular weight excluding hydrogens is 328 g/mol. The standard InChI is InChI=1S/C20H18N4S/c1-3-11-24-19(18-10-5-4-7-15(18)2)22-23-20(24)25-14-17-9-6-8-16(12-17)13-21/h3-10,12H,1,11,14H2,2H3. The molecule has 124 valence electrons.